The van der Waals surface area contributed by atoms with Crippen LogP contribution in [0.1, 0.15) is 25.3 Å². The van der Waals surface area contributed by atoms with Crippen molar-refractivity contribution in [3.05, 3.63) is 60.3 Å². The van der Waals surface area contributed by atoms with Crippen molar-refractivity contribution in [2.45, 2.75) is 38.4 Å². The van der Waals surface area contributed by atoms with E-state index in [0.29, 0.717) is 18.0 Å². The maximum absolute atomic E-state index is 13.1. The van der Waals surface area contributed by atoms with Gasteiger partial charge in [0.05, 0.1) is 24.3 Å². The second-order valence-electron chi connectivity index (χ2n) is 10.8. The minimum atomic E-state index is 0.0687. The van der Waals surface area contributed by atoms with Crippen LogP contribution in [0, 0.1) is 5.41 Å². The van der Waals surface area contributed by atoms with E-state index < -0.39 is 0 Å². The molecule has 1 saturated carbocycles. The topological polar surface area (TPSA) is 73.8 Å². The molecule has 1 aliphatic carbocycles. The van der Waals surface area contributed by atoms with Crippen LogP contribution in [-0.2, 0) is 6.54 Å². The fourth-order valence-corrected chi connectivity index (χ4v) is 6.19. The summed E-state index contributed by atoms with van der Waals surface area (Å²) in [4.78, 5) is 29.1. The predicted molar refractivity (Wildman–Crippen MR) is 140 cm³/mol. The third-order valence-electron chi connectivity index (χ3n) is 8.00. The Morgan fingerprint density at radius 1 is 1.11 bits per heavy atom. The minimum absolute atomic E-state index is 0.0687. The number of aromatic nitrogens is 2. The Morgan fingerprint density at radius 3 is 2.67 bits per heavy atom. The van der Waals surface area contributed by atoms with Gasteiger partial charge in [-0.25, -0.2) is 9.78 Å². The van der Waals surface area contributed by atoms with E-state index in [4.69, 9.17) is 9.72 Å². The number of ether oxygens (including phenoxy) is 1. The number of anilines is 1. The highest BCUT2D eigenvalue weighted by atomic mass is 16.5. The summed E-state index contributed by atoms with van der Waals surface area (Å²) < 4.78 is 5.28. The molecule has 3 heterocycles. The molecule has 8 heteroatoms. The van der Waals surface area contributed by atoms with Crippen molar-refractivity contribution < 1.29 is 9.53 Å². The molecule has 1 aromatic heterocycles. The first-order chi connectivity index (χ1) is 17.5. The Balaban J connectivity index is 0.980. The van der Waals surface area contributed by atoms with Gasteiger partial charge < -0.3 is 19.9 Å². The van der Waals surface area contributed by atoms with E-state index in [1.165, 1.54) is 5.56 Å². The number of likely N-dealkylation sites (tertiary alicyclic amines) is 1. The summed E-state index contributed by atoms with van der Waals surface area (Å²) in [5, 5.41) is 3.30. The highest BCUT2D eigenvalue weighted by Crippen LogP contribution is 2.48. The molecule has 3 aliphatic rings. The van der Waals surface area contributed by atoms with Crippen LogP contribution in [0.25, 0.3) is 11.0 Å². The van der Waals surface area contributed by atoms with Gasteiger partial charge in [-0.1, -0.05) is 30.3 Å². The minimum Gasteiger partial charge on any atom is -0.497 e. The van der Waals surface area contributed by atoms with Gasteiger partial charge in [0.25, 0.3) is 0 Å². The van der Waals surface area contributed by atoms with E-state index in [0.717, 1.165) is 68.2 Å². The first kappa shape index (κ1) is 23.0. The molecule has 0 bridgehead atoms. The van der Waals surface area contributed by atoms with E-state index in [-0.39, 0.29) is 12.1 Å². The number of fused-ring (bicyclic) bond motifs is 1. The summed E-state index contributed by atoms with van der Waals surface area (Å²) >= 11 is 0. The van der Waals surface area contributed by atoms with Crippen LogP contribution in [0.3, 0.4) is 0 Å². The summed E-state index contributed by atoms with van der Waals surface area (Å²) in [6.45, 7) is 7.59. The first-order valence-corrected chi connectivity index (χ1v) is 12.9. The molecule has 188 valence electrons. The molecule has 2 aromatic carbocycles. The van der Waals surface area contributed by atoms with Crippen molar-refractivity contribution in [2.75, 3.05) is 44.7 Å². The maximum atomic E-state index is 13.1. The molecule has 2 amide bonds. The number of nitrogens with zero attached hydrogens (tertiary/aromatic N) is 5. The Hall–Kier alpha value is -3.39. The number of hydrogen-bond donors (Lipinski definition) is 1. The largest absolute Gasteiger partial charge is 0.497 e. The summed E-state index contributed by atoms with van der Waals surface area (Å²) in [7, 11) is 1.65. The number of amides is 2. The lowest BCUT2D eigenvalue weighted by Gasteiger charge is -2.59. The SMILES string of the molecule is COc1ccc2nc(N3CCN(C(=O)NC4CC5(C4)CN(Cc4ccccc4)C5)[C@H](C)C3)cnc2c1. The Bertz CT molecular complexity index is 1240. The zero-order valence-corrected chi connectivity index (χ0v) is 21.1. The van der Waals surface area contributed by atoms with Crippen molar-refractivity contribution in [3.8, 4) is 5.75 Å². The number of nitrogens with one attached hydrogen (secondary N) is 1. The van der Waals surface area contributed by atoms with Crippen molar-refractivity contribution in [1.29, 1.82) is 0 Å². The summed E-state index contributed by atoms with van der Waals surface area (Å²) in [5.74, 6) is 1.63. The molecule has 6 rings (SSSR count). The van der Waals surface area contributed by atoms with Crippen LogP contribution >= 0.6 is 0 Å². The van der Waals surface area contributed by atoms with Crippen LogP contribution in [0.4, 0.5) is 10.6 Å². The summed E-state index contributed by atoms with van der Waals surface area (Å²) in [6.07, 6.45) is 4.00. The van der Waals surface area contributed by atoms with Gasteiger partial charge in [0.2, 0.25) is 0 Å². The Kier molecular flexibility index (Phi) is 5.91. The number of benzene rings is 2. The molecule has 3 aromatic rings. The summed E-state index contributed by atoms with van der Waals surface area (Å²) in [6, 6.07) is 16.9. The van der Waals surface area contributed by atoms with Crippen molar-refractivity contribution in [2.24, 2.45) is 5.41 Å². The van der Waals surface area contributed by atoms with Crippen molar-refractivity contribution >= 4 is 22.9 Å². The van der Waals surface area contributed by atoms with Gasteiger partial charge >= 0.3 is 6.03 Å². The quantitative estimate of drug-likeness (QED) is 0.595. The first-order valence-electron chi connectivity index (χ1n) is 12.9. The molecule has 36 heavy (non-hydrogen) atoms. The third kappa shape index (κ3) is 4.46. The van der Waals surface area contributed by atoms with E-state index >= 15 is 0 Å². The number of carbonyl (C=O) groups is 1. The lowest BCUT2D eigenvalue weighted by Crippen LogP contribution is -2.67. The number of piperazine rings is 1. The normalized spacial score (nSPS) is 21.8. The van der Waals surface area contributed by atoms with Gasteiger partial charge in [-0.05, 0) is 42.9 Å². The standard InChI is InChI=1S/C28H34N6O2/c1-20-16-33(26-15-29-25-12-23(36-2)8-9-24(25)31-26)10-11-34(20)27(35)30-22-13-28(14-22)18-32(19-28)17-21-6-4-3-5-7-21/h3-9,12,15,20,22H,10-11,13-14,16-19H2,1-2H3,(H,30,35)/t20-/m1/s1. The molecule has 8 nitrogen and oxygen atoms in total. The molecule has 1 atom stereocenters. The highest BCUT2D eigenvalue weighted by molar-refractivity contribution is 5.78. The molecular weight excluding hydrogens is 452 g/mol. The Morgan fingerprint density at radius 2 is 1.92 bits per heavy atom. The van der Waals surface area contributed by atoms with Crippen LogP contribution in [0.15, 0.2) is 54.7 Å². The molecule has 2 saturated heterocycles. The van der Waals surface area contributed by atoms with Crippen molar-refractivity contribution in [3.63, 3.8) is 0 Å². The molecule has 1 N–H and O–H groups in total. The van der Waals surface area contributed by atoms with Gasteiger partial charge in [0.15, 0.2) is 0 Å². The van der Waals surface area contributed by atoms with Gasteiger partial charge in [0.1, 0.15) is 11.6 Å². The highest BCUT2D eigenvalue weighted by Gasteiger charge is 2.52. The van der Waals surface area contributed by atoms with Gasteiger partial charge in [-0.3, -0.25) is 9.88 Å². The van der Waals surface area contributed by atoms with Crippen LogP contribution in [0.5, 0.6) is 5.75 Å². The van der Waals surface area contributed by atoms with Gasteiger partial charge in [0, 0.05) is 57.4 Å². The molecule has 1 spiro atoms. The van der Waals surface area contributed by atoms with E-state index in [1.54, 1.807) is 7.11 Å². The lowest BCUT2D eigenvalue weighted by atomic mass is 9.60. The Labute approximate surface area is 212 Å². The number of hydrogen-bond acceptors (Lipinski definition) is 6. The fraction of sp³-hybridized carbons (Fsp3) is 0.464. The van der Waals surface area contributed by atoms with Gasteiger partial charge in [-0.15, -0.1) is 0 Å². The molecule has 0 unspecified atom stereocenters. The van der Waals surface area contributed by atoms with E-state index in [1.807, 2.05) is 29.3 Å². The van der Waals surface area contributed by atoms with Gasteiger partial charge in [-0.2, -0.15) is 0 Å². The second kappa shape index (κ2) is 9.24. The average Bonchev–Trinajstić information content (AvgIpc) is 2.86. The molecule has 3 fully saturated rings. The average molecular weight is 487 g/mol. The third-order valence-corrected chi connectivity index (χ3v) is 8.00. The number of methoxy groups -OCH3 is 1. The van der Waals surface area contributed by atoms with Crippen LogP contribution in [-0.4, -0.2) is 77.7 Å². The zero-order chi connectivity index (χ0) is 24.7. The number of urea groups is 1. The van der Waals surface area contributed by atoms with E-state index in [9.17, 15) is 4.79 Å². The van der Waals surface area contributed by atoms with Crippen molar-refractivity contribution in [1.82, 2.24) is 25.1 Å². The lowest BCUT2D eigenvalue weighted by molar-refractivity contribution is -0.0810. The second-order valence-corrected chi connectivity index (χ2v) is 10.8. The monoisotopic (exact) mass is 486 g/mol. The maximum Gasteiger partial charge on any atom is 0.317 e. The molecule has 0 radical (unpaired) electrons. The fourth-order valence-electron chi connectivity index (χ4n) is 6.19. The van der Waals surface area contributed by atoms with E-state index in [2.05, 4.69) is 57.4 Å². The number of rotatable bonds is 5. The molecule has 2 aliphatic heterocycles. The summed E-state index contributed by atoms with van der Waals surface area (Å²) in [5.41, 5.74) is 3.45. The van der Waals surface area contributed by atoms with Crippen LogP contribution in [0.2, 0.25) is 0 Å². The smallest absolute Gasteiger partial charge is 0.317 e. The number of carbonyl (C=O) groups excluding carboxylic acids is 1. The zero-order valence-electron chi connectivity index (χ0n) is 21.1. The predicted octanol–water partition coefficient (Wildman–Crippen LogP) is 3.52. The molecular formula is C28H34N6O2. The van der Waals surface area contributed by atoms with Crippen LogP contribution < -0.4 is 15.0 Å².